The monoisotopic (exact) mass is 394 g/mol. The van der Waals surface area contributed by atoms with Gasteiger partial charge >= 0.3 is 0 Å². The van der Waals surface area contributed by atoms with E-state index in [1.807, 2.05) is 43.3 Å². The number of aryl methyl sites for hydroxylation is 1. The number of carbonyl (C=O) groups excluding carboxylic acids is 3. The van der Waals surface area contributed by atoms with Crippen LogP contribution in [0.15, 0.2) is 47.4 Å². The third-order valence-electron chi connectivity index (χ3n) is 5.35. The highest BCUT2D eigenvalue weighted by atomic mass is 32.2. The molecule has 0 spiro atoms. The first-order valence-corrected chi connectivity index (χ1v) is 10.5. The fourth-order valence-corrected chi connectivity index (χ4v) is 4.49. The molecular weight excluding hydrogens is 372 g/mol. The second kappa shape index (κ2) is 7.80. The van der Waals surface area contributed by atoms with Gasteiger partial charge in [0.2, 0.25) is 5.91 Å². The molecule has 2 aromatic carbocycles. The van der Waals surface area contributed by atoms with Crippen molar-refractivity contribution in [3.05, 3.63) is 59.2 Å². The zero-order valence-corrected chi connectivity index (χ0v) is 16.6. The molecule has 0 radical (unpaired) electrons. The molecule has 2 aromatic rings. The molecule has 1 N–H and O–H groups in total. The van der Waals surface area contributed by atoms with Crippen LogP contribution in [0.1, 0.15) is 39.1 Å². The summed E-state index contributed by atoms with van der Waals surface area (Å²) in [5.74, 6) is 0.445. The van der Waals surface area contributed by atoms with E-state index >= 15 is 0 Å². The summed E-state index contributed by atoms with van der Waals surface area (Å²) in [4.78, 5) is 39.9. The summed E-state index contributed by atoms with van der Waals surface area (Å²) in [6.45, 7) is 3.14. The van der Waals surface area contributed by atoms with Gasteiger partial charge in [0.05, 0.1) is 11.4 Å². The molecule has 0 aromatic heterocycles. The SMILES string of the molecule is Cc1ccc(C(=O)C2CCN(C(=O)c3ccc4c(c3)NC(=O)CS4)CC2)cc1. The number of rotatable bonds is 3. The highest BCUT2D eigenvalue weighted by Crippen LogP contribution is 2.32. The Labute approximate surface area is 168 Å². The number of nitrogens with zero attached hydrogens (tertiary/aromatic N) is 1. The second-order valence-electron chi connectivity index (χ2n) is 7.34. The van der Waals surface area contributed by atoms with Gasteiger partial charge in [-0.3, -0.25) is 14.4 Å². The fourth-order valence-electron chi connectivity index (χ4n) is 3.70. The van der Waals surface area contributed by atoms with E-state index in [1.54, 1.807) is 11.0 Å². The van der Waals surface area contributed by atoms with Crippen LogP contribution in [0.25, 0.3) is 0 Å². The molecule has 2 aliphatic heterocycles. The number of benzene rings is 2. The molecule has 2 amide bonds. The molecule has 0 saturated carbocycles. The molecule has 1 saturated heterocycles. The average molecular weight is 394 g/mol. The van der Waals surface area contributed by atoms with Crippen LogP contribution in [0, 0.1) is 12.8 Å². The summed E-state index contributed by atoms with van der Waals surface area (Å²) in [5, 5.41) is 2.83. The molecule has 1 fully saturated rings. The van der Waals surface area contributed by atoms with Crippen molar-refractivity contribution in [1.82, 2.24) is 4.90 Å². The quantitative estimate of drug-likeness (QED) is 0.805. The van der Waals surface area contributed by atoms with Crippen molar-refractivity contribution in [2.45, 2.75) is 24.7 Å². The Morgan fingerprint density at radius 2 is 1.71 bits per heavy atom. The van der Waals surface area contributed by atoms with Crippen LogP contribution in [0.2, 0.25) is 0 Å². The Hall–Kier alpha value is -2.60. The predicted octanol–water partition coefficient (Wildman–Crippen LogP) is 3.77. The van der Waals surface area contributed by atoms with Crippen molar-refractivity contribution in [3.8, 4) is 0 Å². The first-order valence-electron chi connectivity index (χ1n) is 9.48. The Balaban J connectivity index is 1.40. The smallest absolute Gasteiger partial charge is 0.253 e. The van der Waals surface area contributed by atoms with Gasteiger partial charge in [0, 0.05) is 35.0 Å². The maximum absolute atomic E-state index is 12.9. The van der Waals surface area contributed by atoms with Crippen LogP contribution in [-0.4, -0.2) is 41.3 Å². The zero-order chi connectivity index (χ0) is 19.7. The Morgan fingerprint density at radius 3 is 2.43 bits per heavy atom. The van der Waals surface area contributed by atoms with E-state index in [4.69, 9.17) is 0 Å². The molecule has 6 heteroatoms. The molecule has 0 aliphatic carbocycles. The molecule has 4 rings (SSSR count). The highest BCUT2D eigenvalue weighted by Gasteiger charge is 2.29. The molecule has 2 heterocycles. The lowest BCUT2D eigenvalue weighted by Crippen LogP contribution is -2.40. The van der Waals surface area contributed by atoms with Gasteiger partial charge < -0.3 is 10.2 Å². The molecule has 0 atom stereocenters. The molecular formula is C22H22N2O3S. The van der Waals surface area contributed by atoms with Crippen molar-refractivity contribution in [3.63, 3.8) is 0 Å². The number of hydrogen-bond acceptors (Lipinski definition) is 4. The van der Waals surface area contributed by atoms with Crippen LogP contribution >= 0.6 is 11.8 Å². The van der Waals surface area contributed by atoms with Gasteiger partial charge in [0.25, 0.3) is 5.91 Å². The highest BCUT2D eigenvalue weighted by molar-refractivity contribution is 8.00. The first kappa shape index (κ1) is 18.7. The van der Waals surface area contributed by atoms with E-state index in [0.717, 1.165) is 16.0 Å². The number of carbonyl (C=O) groups is 3. The van der Waals surface area contributed by atoms with Gasteiger partial charge in [-0.2, -0.15) is 0 Å². The number of ketones is 1. The minimum atomic E-state index is -0.0474. The van der Waals surface area contributed by atoms with Crippen molar-refractivity contribution >= 4 is 35.0 Å². The fraction of sp³-hybridized carbons (Fsp3) is 0.318. The van der Waals surface area contributed by atoms with E-state index in [2.05, 4.69) is 5.32 Å². The largest absolute Gasteiger partial charge is 0.339 e. The summed E-state index contributed by atoms with van der Waals surface area (Å²) in [5.41, 5.74) is 3.16. The molecule has 0 bridgehead atoms. The van der Waals surface area contributed by atoms with Crippen LogP contribution < -0.4 is 5.32 Å². The normalized spacial score (nSPS) is 17.0. The van der Waals surface area contributed by atoms with E-state index in [1.165, 1.54) is 11.8 Å². The lowest BCUT2D eigenvalue weighted by molar-refractivity contribution is -0.113. The van der Waals surface area contributed by atoms with Gasteiger partial charge in [-0.1, -0.05) is 29.8 Å². The minimum absolute atomic E-state index is 0.0361. The topological polar surface area (TPSA) is 66.5 Å². The second-order valence-corrected chi connectivity index (χ2v) is 8.36. The maximum atomic E-state index is 12.9. The molecule has 5 nitrogen and oxygen atoms in total. The van der Waals surface area contributed by atoms with Gasteiger partial charge in [-0.15, -0.1) is 11.8 Å². The Morgan fingerprint density at radius 1 is 1.04 bits per heavy atom. The van der Waals surface area contributed by atoms with Gasteiger partial charge in [-0.25, -0.2) is 0 Å². The van der Waals surface area contributed by atoms with E-state index in [0.29, 0.717) is 42.9 Å². The van der Waals surface area contributed by atoms with Crippen LogP contribution in [0.4, 0.5) is 5.69 Å². The third kappa shape index (κ3) is 3.83. The zero-order valence-electron chi connectivity index (χ0n) is 15.7. The Kier molecular flexibility index (Phi) is 5.22. The first-order chi connectivity index (χ1) is 13.5. The average Bonchev–Trinajstić information content (AvgIpc) is 2.73. The van der Waals surface area contributed by atoms with Crippen molar-refractivity contribution < 1.29 is 14.4 Å². The van der Waals surface area contributed by atoms with Crippen molar-refractivity contribution in [1.29, 1.82) is 0 Å². The number of anilines is 1. The number of likely N-dealkylation sites (tertiary alicyclic amines) is 1. The lowest BCUT2D eigenvalue weighted by Gasteiger charge is -2.31. The number of hydrogen-bond donors (Lipinski definition) is 1. The number of piperidine rings is 1. The van der Waals surface area contributed by atoms with Crippen molar-refractivity contribution in [2.24, 2.45) is 5.92 Å². The van der Waals surface area contributed by atoms with Gasteiger partial charge in [-0.05, 0) is 38.0 Å². The lowest BCUT2D eigenvalue weighted by atomic mass is 9.88. The minimum Gasteiger partial charge on any atom is -0.339 e. The maximum Gasteiger partial charge on any atom is 0.253 e. The molecule has 2 aliphatic rings. The summed E-state index contributed by atoms with van der Waals surface area (Å²) < 4.78 is 0. The number of thioether (sulfide) groups is 1. The molecule has 144 valence electrons. The van der Waals surface area contributed by atoms with Gasteiger partial charge in [0.1, 0.15) is 0 Å². The van der Waals surface area contributed by atoms with Crippen LogP contribution in [0.3, 0.4) is 0 Å². The molecule has 28 heavy (non-hydrogen) atoms. The van der Waals surface area contributed by atoms with E-state index in [-0.39, 0.29) is 23.5 Å². The number of amides is 2. The number of fused-ring (bicyclic) bond motifs is 1. The van der Waals surface area contributed by atoms with Crippen LogP contribution in [0.5, 0.6) is 0 Å². The summed E-state index contributed by atoms with van der Waals surface area (Å²) in [6, 6.07) is 13.1. The predicted molar refractivity (Wildman–Crippen MR) is 110 cm³/mol. The number of Topliss-reactive ketones (excluding diaryl/α,β-unsaturated/α-hetero) is 1. The van der Waals surface area contributed by atoms with E-state index in [9.17, 15) is 14.4 Å². The Bertz CT molecular complexity index is 931. The van der Waals surface area contributed by atoms with E-state index < -0.39 is 0 Å². The summed E-state index contributed by atoms with van der Waals surface area (Å²) in [7, 11) is 0. The third-order valence-corrected chi connectivity index (χ3v) is 6.42. The van der Waals surface area contributed by atoms with Crippen LogP contribution in [-0.2, 0) is 4.79 Å². The summed E-state index contributed by atoms with van der Waals surface area (Å²) >= 11 is 1.48. The van der Waals surface area contributed by atoms with Gasteiger partial charge in [0.15, 0.2) is 5.78 Å². The summed E-state index contributed by atoms with van der Waals surface area (Å²) in [6.07, 6.45) is 1.35. The number of nitrogens with one attached hydrogen (secondary N) is 1. The van der Waals surface area contributed by atoms with Crippen molar-refractivity contribution in [2.75, 3.05) is 24.2 Å². The standard InChI is InChI=1S/C22H22N2O3S/c1-14-2-4-15(5-3-14)21(26)16-8-10-24(11-9-16)22(27)17-6-7-19-18(12-17)23-20(25)13-28-19/h2-7,12,16H,8-11,13H2,1H3,(H,23,25). The molecule has 0 unspecified atom stereocenters.